The minimum atomic E-state index is -3.83. The molecule has 0 amide bonds. The van der Waals surface area contributed by atoms with Crippen LogP contribution in [0.3, 0.4) is 0 Å². The van der Waals surface area contributed by atoms with E-state index in [1.165, 1.54) is 6.92 Å². The Morgan fingerprint density at radius 2 is 1.43 bits per heavy atom. The molecule has 0 saturated carbocycles. The standard InChI is InChI=1S/C11H15N2O7P/c1-4-19-21(18,20-5-2)9-6-10(12(14)15)8(3)11(7-9)13(16)17/h6-7H,4-5H2,1-3H3. The van der Waals surface area contributed by atoms with Crippen molar-refractivity contribution in [3.63, 3.8) is 0 Å². The number of benzene rings is 1. The summed E-state index contributed by atoms with van der Waals surface area (Å²) >= 11 is 0. The van der Waals surface area contributed by atoms with E-state index in [0.717, 1.165) is 12.1 Å². The average molecular weight is 318 g/mol. The largest absolute Gasteiger partial charge is 0.361 e. The molecule has 0 fully saturated rings. The fourth-order valence-corrected chi connectivity index (χ4v) is 3.35. The molecule has 0 saturated heterocycles. The van der Waals surface area contributed by atoms with Crippen LogP contribution >= 0.6 is 7.60 Å². The van der Waals surface area contributed by atoms with Crippen LogP contribution in [0.2, 0.25) is 0 Å². The van der Waals surface area contributed by atoms with Crippen molar-refractivity contribution in [2.45, 2.75) is 20.8 Å². The maximum absolute atomic E-state index is 12.6. The van der Waals surface area contributed by atoms with Gasteiger partial charge in [-0.1, -0.05) is 0 Å². The van der Waals surface area contributed by atoms with E-state index in [2.05, 4.69) is 0 Å². The molecule has 0 aliphatic carbocycles. The van der Waals surface area contributed by atoms with Gasteiger partial charge in [0.25, 0.3) is 11.4 Å². The lowest BCUT2D eigenvalue weighted by Gasteiger charge is -2.17. The Hall–Kier alpha value is -1.83. The number of hydrogen-bond acceptors (Lipinski definition) is 7. The molecule has 0 aromatic heterocycles. The van der Waals surface area contributed by atoms with Crippen molar-refractivity contribution in [1.82, 2.24) is 0 Å². The Balaban J connectivity index is 3.58. The molecule has 0 atom stereocenters. The van der Waals surface area contributed by atoms with E-state index in [9.17, 15) is 24.8 Å². The number of hydrogen-bond donors (Lipinski definition) is 0. The van der Waals surface area contributed by atoms with Crippen LogP contribution in [0.5, 0.6) is 0 Å². The van der Waals surface area contributed by atoms with Gasteiger partial charge in [0.2, 0.25) is 0 Å². The molecular formula is C11H15N2O7P. The lowest BCUT2D eigenvalue weighted by atomic mass is 10.1. The van der Waals surface area contributed by atoms with Crippen molar-refractivity contribution < 1.29 is 23.5 Å². The molecule has 0 radical (unpaired) electrons. The molecule has 0 N–H and O–H groups in total. The Labute approximate surface area is 120 Å². The molecule has 1 rings (SSSR count). The SMILES string of the molecule is CCOP(=O)(OCC)c1cc([N+](=O)[O-])c(C)c([N+](=O)[O-])c1. The Kier molecular flexibility index (Phi) is 5.54. The van der Waals surface area contributed by atoms with Gasteiger partial charge in [0.15, 0.2) is 0 Å². The van der Waals surface area contributed by atoms with E-state index in [1.54, 1.807) is 13.8 Å². The molecule has 1 aromatic carbocycles. The summed E-state index contributed by atoms with van der Waals surface area (Å²) in [6, 6.07) is 1.99. The van der Waals surface area contributed by atoms with E-state index < -0.39 is 28.8 Å². The van der Waals surface area contributed by atoms with Crippen molar-refractivity contribution in [2.75, 3.05) is 13.2 Å². The zero-order valence-corrected chi connectivity index (χ0v) is 12.7. The highest BCUT2D eigenvalue weighted by Crippen LogP contribution is 2.48. The van der Waals surface area contributed by atoms with Gasteiger partial charge in [0.05, 0.1) is 28.4 Å². The summed E-state index contributed by atoms with van der Waals surface area (Å²) in [4.78, 5) is 20.5. The monoisotopic (exact) mass is 318 g/mol. The van der Waals surface area contributed by atoms with Crippen molar-refractivity contribution >= 4 is 24.3 Å². The Morgan fingerprint density at radius 3 is 1.71 bits per heavy atom. The highest BCUT2D eigenvalue weighted by molar-refractivity contribution is 7.62. The molecule has 1 aromatic rings. The van der Waals surface area contributed by atoms with E-state index in [1.807, 2.05) is 0 Å². The summed E-state index contributed by atoms with van der Waals surface area (Å²) < 4.78 is 22.7. The highest BCUT2D eigenvalue weighted by Gasteiger charge is 2.33. The van der Waals surface area contributed by atoms with Gasteiger partial charge in [0.1, 0.15) is 5.56 Å². The van der Waals surface area contributed by atoms with Crippen molar-refractivity contribution in [2.24, 2.45) is 0 Å². The van der Waals surface area contributed by atoms with Gasteiger partial charge < -0.3 is 9.05 Å². The van der Waals surface area contributed by atoms with E-state index in [-0.39, 0.29) is 24.1 Å². The molecule has 0 aliphatic heterocycles. The predicted molar refractivity (Wildman–Crippen MR) is 75.0 cm³/mol. The normalized spacial score (nSPS) is 11.4. The molecule has 0 unspecified atom stereocenters. The van der Waals surface area contributed by atoms with Crippen LogP contribution in [0.25, 0.3) is 0 Å². The maximum atomic E-state index is 12.6. The van der Waals surface area contributed by atoms with Crippen LogP contribution in [-0.4, -0.2) is 23.1 Å². The Morgan fingerprint density at radius 1 is 1.05 bits per heavy atom. The lowest BCUT2D eigenvalue weighted by Crippen LogP contribution is -2.13. The van der Waals surface area contributed by atoms with E-state index >= 15 is 0 Å². The van der Waals surface area contributed by atoms with Crippen molar-refractivity contribution in [3.8, 4) is 0 Å². The van der Waals surface area contributed by atoms with Crippen LogP contribution in [0.1, 0.15) is 19.4 Å². The number of rotatable bonds is 7. The minimum absolute atomic E-state index is 0.0345. The molecule has 0 bridgehead atoms. The number of nitro groups is 2. The highest BCUT2D eigenvalue weighted by atomic mass is 31.2. The summed E-state index contributed by atoms with van der Waals surface area (Å²) in [6.45, 7) is 4.47. The van der Waals surface area contributed by atoms with Crippen LogP contribution in [0.15, 0.2) is 12.1 Å². The van der Waals surface area contributed by atoms with Gasteiger partial charge in [0, 0.05) is 12.1 Å². The molecule has 10 heteroatoms. The fourth-order valence-electron chi connectivity index (χ4n) is 1.73. The summed E-state index contributed by atoms with van der Waals surface area (Å²) in [5, 5.41) is 21.8. The molecule has 0 spiro atoms. The average Bonchev–Trinajstić information content (AvgIpc) is 2.38. The van der Waals surface area contributed by atoms with Crippen LogP contribution in [-0.2, 0) is 13.6 Å². The topological polar surface area (TPSA) is 122 Å². The third kappa shape index (κ3) is 3.63. The van der Waals surface area contributed by atoms with E-state index in [0.29, 0.717) is 0 Å². The second-order valence-corrected chi connectivity index (χ2v) is 5.98. The first-order valence-electron chi connectivity index (χ1n) is 6.10. The van der Waals surface area contributed by atoms with Gasteiger partial charge in [-0.3, -0.25) is 24.8 Å². The van der Waals surface area contributed by atoms with Gasteiger partial charge in [-0.25, -0.2) is 0 Å². The van der Waals surface area contributed by atoms with Crippen molar-refractivity contribution in [1.29, 1.82) is 0 Å². The van der Waals surface area contributed by atoms with Crippen LogP contribution in [0.4, 0.5) is 11.4 Å². The zero-order chi connectivity index (χ0) is 16.2. The smallest absolute Gasteiger partial charge is 0.305 e. The number of nitro benzene ring substituents is 2. The van der Waals surface area contributed by atoms with Crippen molar-refractivity contribution in [3.05, 3.63) is 37.9 Å². The second-order valence-electron chi connectivity index (χ2n) is 3.96. The second kappa shape index (κ2) is 6.75. The van der Waals surface area contributed by atoms with Crippen LogP contribution in [0, 0.1) is 27.2 Å². The first-order valence-corrected chi connectivity index (χ1v) is 7.64. The predicted octanol–water partition coefficient (Wildman–Crippen LogP) is 2.70. The maximum Gasteiger partial charge on any atom is 0.361 e. The third-order valence-electron chi connectivity index (χ3n) is 2.65. The lowest BCUT2D eigenvalue weighted by molar-refractivity contribution is -0.395. The van der Waals surface area contributed by atoms with Gasteiger partial charge in [-0.15, -0.1) is 0 Å². The quantitative estimate of drug-likeness (QED) is 0.430. The molecule has 21 heavy (non-hydrogen) atoms. The molecular weight excluding hydrogens is 303 g/mol. The summed E-state index contributed by atoms with van der Waals surface area (Å²) in [6.07, 6.45) is 0. The molecule has 9 nitrogen and oxygen atoms in total. The van der Waals surface area contributed by atoms with Gasteiger partial charge in [-0.2, -0.15) is 0 Å². The summed E-state index contributed by atoms with van der Waals surface area (Å²) in [7, 11) is -3.83. The molecule has 0 aliphatic rings. The minimum Gasteiger partial charge on any atom is -0.305 e. The molecule has 116 valence electrons. The van der Waals surface area contributed by atoms with Gasteiger partial charge in [-0.05, 0) is 20.8 Å². The van der Waals surface area contributed by atoms with Crippen LogP contribution < -0.4 is 5.30 Å². The first kappa shape index (κ1) is 17.2. The summed E-state index contributed by atoms with van der Waals surface area (Å²) in [5.74, 6) is 0. The fraction of sp³-hybridized carbons (Fsp3) is 0.455. The zero-order valence-electron chi connectivity index (χ0n) is 11.8. The Bertz CT molecular complexity index is 572. The number of nitrogens with zero attached hydrogens (tertiary/aromatic N) is 2. The van der Waals surface area contributed by atoms with E-state index in [4.69, 9.17) is 9.05 Å². The first-order chi connectivity index (χ1) is 9.76. The summed E-state index contributed by atoms with van der Waals surface area (Å²) in [5.41, 5.74) is -1.12. The van der Waals surface area contributed by atoms with Gasteiger partial charge >= 0.3 is 7.60 Å². The third-order valence-corrected chi connectivity index (χ3v) is 4.73. The molecule has 0 heterocycles.